The summed E-state index contributed by atoms with van der Waals surface area (Å²) in [7, 11) is 0. The molecule has 0 unspecified atom stereocenters. The summed E-state index contributed by atoms with van der Waals surface area (Å²) in [5, 5.41) is 0. The fraction of sp³-hybridized carbons (Fsp3) is 0.444. The summed E-state index contributed by atoms with van der Waals surface area (Å²) < 4.78 is 42.7. The maximum atomic E-state index is 13.3. The molecule has 0 bridgehead atoms. The number of likely N-dealkylation sites (tertiary alicyclic amines) is 1. The second-order valence-corrected chi connectivity index (χ2v) is 7.47. The van der Waals surface area contributed by atoms with Crippen LogP contribution in [0.15, 0.2) is 29.4 Å². The molecule has 3 heterocycles. The van der Waals surface area contributed by atoms with Gasteiger partial charge in [-0.15, -0.1) is 8.78 Å². The monoisotopic (exact) mass is 411 g/mol. The second kappa shape index (κ2) is 7.51. The summed E-state index contributed by atoms with van der Waals surface area (Å²) >= 11 is 1.32. The Morgan fingerprint density at radius 1 is 1.29 bits per heavy atom. The Bertz CT molecular complexity index is 951. The van der Waals surface area contributed by atoms with Crippen molar-refractivity contribution in [1.82, 2.24) is 9.47 Å². The van der Waals surface area contributed by atoms with E-state index in [9.17, 15) is 13.6 Å². The molecule has 2 aromatic rings. The van der Waals surface area contributed by atoms with Crippen LogP contribution in [-0.4, -0.2) is 41.5 Å². The van der Waals surface area contributed by atoms with E-state index in [1.807, 2.05) is 6.92 Å². The van der Waals surface area contributed by atoms with Gasteiger partial charge in [-0.05, 0) is 31.9 Å². The maximum Gasteiger partial charge on any atom is 0.586 e. The number of amides is 2. The van der Waals surface area contributed by atoms with E-state index < -0.39 is 6.29 Å². The van der Waals surface area contributed by atoms with Crippen LogP contribution in [0.4, 0.5) is 13.6 Å². The molecular weight excluding hydrogens is 392 g/mol. The van der Waals surface area contributed by atoms with Crippen molar-refractivity contribution in [3.63, 3.8) is 0 Å². The smallest absolute Gasteiger partial charge is 0.395 e. The summed E-state index contributed by atoms with van der Waals surface area (Å²) in [6.45, 7) is 4.20. The van der Waals surface area contributed by atoms with Gasteiger partial charge in [0, 0.05) is 32.0 Å². The zero-order chi connectivity index (χ0) is 19.7. The van der Waals surface area contributed by atoms with Crippen LogP contribution in [0.1, 0.15) is 24.6 Å². The number of thiazole rings is 1. The molecule has 2 aliphatic rings. The number of alkyl halides is 2. The number of carbonyl (C=O) groups excluding carboxylic acids is 1. The van der Waals surface area contributed by atoms with Gasteiger partial charge in [0.2, 0.25) is 0 Å². The first-order chi connectivity index (χ1) is 13.4. The van der Waals surface area contributed by atoms with Crippen LogP contribution < -0.4 is 14.3 Å². The minimum atomic E-state index is -3.68. The van der Waals surface area contributed by atoms with Crippen LogP contribution in [0, 0.1) is 0 Å². The van der Waals surface area contributed by atoms with Crippen molar-refractivity contribution in [1.29, 1.82) is 0 Å². The molecule has 0 aliphatic carbocycles. The highest BCUT2D eigenvalue weighted by Crippen LogP contribution is 2.41. The molecule has 150 valence electrons. The Hall–Kier alpha value is -2.46. The SMILES string of the molecule is CCOCc1cn(-c2ccc3c(c2)OC(F)(F)O3)c(=NC(=O)N2CCCC2)s1. The van der Waals surface area contributed by atoms with Gasteiger partial charge in [-0.1, -0.05) is 11.3 Å². The van der Waals surface area contributed by atoms with Gasteiger partial charge in [-0.2, -0.15) is 4.99 Å². The number of hydrogen-bond donors (Lipinski definition) is 0. The number of fused-ring (bicyclic) bond motifs is 1. The quantitative estimate of drug-likeness (QED) is 0.772. The first-order valence-corrected chi connectivity index (χ1v) is 9.80. The molecule has 0 radical (unpaired) electrons. The molecule has 4 rings (SSSR count). The number of ether oxygens (including phenoxy) is 3. The lowest BCUT2D eigenvalue weighted by molar-refractivity contribution is -0.286. The largest absolute Gasteiger partial charge is 0.586 e. The zero-order valence-corrected chi connectivity index (χ0v) is 16.0. The molecule has 10 heteroatoms. The molecule has 0 spiro atoms. The van der Waals surface area contributed by atoms with E-state index in [4.69, 9.17) is 4.74 Å². The summed E-state index contributed by atoms with van der Waals surface area (Å²) in [4.78, 5) is 19.7. The lowest BCUT2D eigenvalue weighted by Crippen LogP contribution is -2.27. The second-order valence-electron chi connectivity index (χ2n) is 6.37. The van der Waals surface area contributed by atoms with Gasteiger partial charge in [0.15, 0.2) is 16.3 Å². The third kappa shape index (κ3) is 3.88. The van der Waals surface area contributed by atoms with E-state index in [-0.39, 0.29) is 17.5 Å². The molecule has 1 fully saturated rings. The van der Waals surface area contributed by atoms with Crippen LogP contribution in [0.3, 0.4) is 0 Å². The van der Waals surface area contributed by atoms with Crippen molar-refractivity contribution in [2.45, 2.75) is 32.7 Å². The topological polar surface area (TPSA) is 65.3 Å². The molecule has 1 aromatic carbocycles. The van der Waals surface area contributed by atoms with Gasteiger partial charge in [0.25, 0.3) is 0 Å². The number of carbonyl (C=O) groups is 1. The van der Waals surface area contributed by atoms with Crippen LogP contribution in [0.2, 0.25) is 0 Å². The molecule has 2 aliphatic heterocycles. The van der Waals surface area contributed by atoms with E-state index in [1.54, 1.807) is 21.7 Å². The molecule has 1 saturated heterocycles. The fourth-order valence-electron chi connectivity index (χ4n) is 3.07. The van der Waals surface area contributed by atoms with E-state index in [0.29, 0.717) is 36.8 Å². The fourth-order valence-corrected chi connectivity index (χ4v) is 3.99. The van der Waals surface area contributed by atoms with Gasteiger partial charge in [-0.3, -0.25) is 4.57 Å². The molecule has 1 aromatic heterocycles. The summed E-state index contributed by atoms with van der Waals surface area (Å²) in [5.41, 5.74) is 0.534. The lowest BCUT2D eigenvalue weighted by Gasteiger charge is -2.10. The summed E-state index contributed by atoms with van der Waals surface area (Å²) in [6, 6.07) is 4.15. The molecule has 0 saturated carbocycles. The number of hydrogen-bond acceptors (Lipinski definition) is 5. The zero-order valence-electron chi connectivity index (χ0n) is 15.2. The predicted molar refractivity (Wildman–Crippen MR) is 96.9 cm³/mol. The molecular formula is C18H19F2N3O4S. The van der Waals surface area contributed by atoms with E-state index in [2.05, 4.69) is 14.5 Å². The van der Waals surface area contributed by atoms with Gasteiger partial charge < -0.3 is 19.1 Å². The highest BCUT2D eigenvalue weighted by atomic mass is 32.1. The minimum Gasteiger partial charge on any atom is -0.395 e. The average molecular weight is 411 g/mol. The molecule has 2 amide bonds. The Morgan fingerprint density at radius 3 is 2.79 bits per heavy atom. The van der Waals surface area contributed by atoms with E-state index in [1.165, 1.54) is 23.5 Å². The molecule has 0 atom stereocenters. The standard InChI is InChI=1S/C18H19F2N3O4S/c1-2-25-11-13-10-23(17(28-13)21-16(24)22-7-3-4-8-22)12-5-6-14-15(9-12)27-18(19,20)26-14/h5-6,9-10H,2-4,7-8,11H2,1H3. The van der Waals surface area contributed by atoms with Crippen molar-refractivity contribution in [2.24, 2.45) is 4.99 Å². The van der Waals surface area contributed by atoms with Gasteiger partial charge >= 0.3 is 12.3 Å². The van der Waals surface area contributed by atoms with E-state index >= 15 is 0 Å². The van der Waals surface area contributed by atoms with Crippen LogP contribution in [0.25, 0.3) is 5.69 Å². The Balaban J connectivity index is 1.71. The van der Waals surface area contributed by atoms with Gasteiger partial charge in [0.05, 0.1) is 17.2 Å². The maximum absolute atomic E-state index is 13.3. The molecule has 0 N–H and O–H groups in total. The first-order valence-electron chi connectivity index (χ1n) is 8.98. The number of rotatable bonds is 4. The van der Waals surface area contributed by atoms with Gasteiger partial charge in [0.1, 0.15) is 0 Å². The molecule has 28 heavy (non-hydrogen) atoms. The highest BCUT2D eigenvalue weighted by Gasteiger charge is 2.43. The lowest BCUT2D eigenvalue weighted by atomic mass is 10.3. The minimum absolute atomic E-state index is 0.0363. The number of benzene rings is 1. The Morgan fingerprint density at radius 2 is 2.04 bits per heavy atom. The Labute approximate surface area is 163 Å². The predicted octanol–water partition coefficient (Wildman–Crippen LogP) is 3.51. The van der Waals surface area contributed by atoms with Crippen molar-refractivity contribution in [2.75, 3.05) is 19.7 Å². The normalized spacial score (nSPS) is 18.1. The van der Waals surface area contributed by atoms with Crippen molar-refractivity contribution < 1.29 is 27.8 Å². The Kier molecular flexibility index (Phi) is 5.07. The van der Waals surface area contributed by atoms with Crippen LogP contribution >= 0.6 is 11.3 Å². The van der Waals surface area contributed by atoms with Gasteiger partial charge in [-0.25, -0.2) is 4.79 Å². The number of aromatic nitrogens is 1. The third-order valence-electron chi connectivity index (χ3n) is 4.38. The van der Waals surface area contributed by atoms with E-state index in [0.717, 1.165) is 17.7 Å². The summed E-state index contributed by atoms with van der Waals surface area (Å²) in [6.07, 6.45) is 0.0424. The average Bonchev–Trinajstić information content (AvgIpc) is 3.36. The van der Waals surface area contributed by atoms with Crippen molar-refractivity contribution in [3.05, 3.63) is 34.1 Å². The molecule has 7 nitrogen and oxygen atoms in total. The van der Waals surface area contributed by atoms with Crippen molar-refractivity contribution >= 4 is 17.4 Å². The number of nitrogens with zero attached hydrogens (tertiary/aromatic N) is 3. The van der Waals surface area contributed by atoms with Crippen LogP contribution in [0.5, 0.6) is 11.5 Å². The number of urea groups is 1. The summed E-state index contributed by atoms with van der Waals surface area (Å²) in [5.74, 6) is -0.102. The third-order valence-corrected chi connectivity index (χ3v) is 5.34. The van der Waals surface area contributed by atoms with Crippen LogP contribution in [-0.2, 0) is 11.3 Å². The number of halogens is 2. The highest BCUT2D eigenvalue weighted by molar-refractivity contribution is 7.09. The first kappa shape index (κ1) is 18.9. The van der Waals surface area contributed by atoms with Crippen molar-refractivity contribution in [3.8, 4) is 17.2 Å².